The zero-order valence-electron chi connectivity index (χ0n) is 15.5. The van der Waals surface area contributed by atoms with E-state index in [1.807, 2.05) is 66.7 Å². The Hall–Kier alpha value is -2.86. The van der Waals surface area contributed by atoms with Gasteiger partial charge < -0.3 is 14.8 Å². The molecule has 1 unspecified atom stereocenters. The van der Waals surface area contributed by atoms with Crippen LogP contribution < -0.4 is 14.8 Å². The number of pyridine rings is 1. The number of hydrogen-bond acceptors (Lipinski definition) is 4. The summed E-state index contributed by atoms with van der Waals surface area (Å²) in [5.74, 6) is 1.24. The molecule has 1 N–H and O–H groups in total. The van der Waals surface area contributed by atoms with E-state index in [0.29, 0.717) is 18.9 Å². The monoisotopic (exact) mass is 440 g/mol. The molecule has 1 atom stereocenters. The van der Waals surface area contributed by atoms with Crippen molar-refractivity contribution in [2.24, 2.45) is 0 Å². The number of carbonyl (C=O) groups is 1. The molecular weight excluding hydrogens is 420 g/mol. The van der Waals surface area contributed by atoms with Crippen molar-refractivity contribution in [3.63, 3.8) is 0 Å². The third-order valence-electron chi connectivity index (χ3n) is 4.00. The summed E-state index contributed by atoms with van der Waals surface area (Å²) in [6, 6.07) is 20.7. The van der Waals surface area contributed by atoms with Gasteiger partial charge in [0, 0.05) is 17.2 Å². The number of nitrogens with one attached hydrogen (secondary N) is 1. The number of carbonyl (C=O) groups excluding carboxylic acids is 1. The Morgan fingerprint density at radius 3 is 2.43 bits per heavy atom. The van der Waals surface area contributed by atoms with E-state index in [9.17, 15) is 4.79 Å². The van der Waals surface area contributed by atoms with E-state index in [1.165, 1.54) is 0 Å². The maximum atomic E-state index is 12.2. The standard InChI is InChI=1S/C22H21BrN2O3/c1-16(28-21-11-7-18(23)8-12-21)22(26)25-14-17-5-9-20(10-6-17)27-15-19-4-2-3-13-24-19/h2-13,16H,14-15H2,1H3,(H,25,26). The van der Waals surface area contributed by atoms with Crippen molar-refractivity contribution in [3.05, 3.63) is 88.7 Å². The van der Waals surface area contributed by atoms with Gasteiger partial charge in [-0.25, -0.2) is 0 Å². The molecule has 2 aromatic carbocycles. The Bertz CT molecular complexity index is 884. The largest absolute Gasteiger partial charge is 0.487 e. The van der Waals surface area contributed by atoms with Gasteiger partial charge in [0.15, 0.2) is 6.10 Å². The zero-order chi connectivity index (χ0) is 19.8. The van der Waals surface area contributed by atoms with E-state index in [4.69, 9.17) is 9.47 Å². The second-order valence-electron chi connectivity index (χ2n) is 6.19. The quantitative estimate of drug-likeness (QED) is 0.559. The van der Waals surface area contributed by atoms with Gasteiger partial charge in [0.2, 0.25) is 0 Å². The molecule has 5 nitrogen and oxygen atoms in total. The van der Waals surface area contributed by atoms with Gasteiger partial charge in [0.1, 0.15) is 18.1 Å². The fraction of sp³-hybridized carbons (Fsp3) is 0.182. The lowest BCUT2D eigenvalue weighted by atomic mass is 10.2. The highest BCUT2D eigenvalue weighted by Gasteiger charge is 2.14. The van der Waals surface area contributed by atoms with Crippen LogP contribution in [0.15, 0.2) is 77.4 Å². The highest BCUT2D eigenvalue weighted by molar-refractivity contribution is 9.10. The van der Waals surface area contributed by atoms with Crippen molar-refractivity contribution >= 4 is 21.8 Å². The van der Waals surface area contributed by atoms with Crippen molar-refractivity contribution in [1.82, 2.24) is 10.3 Å². The van der Waals surface area contributed by atoms with Crippen molar-refractivity contribution in [3.8, 4) is 11.5 Å². The third-order valence-corrected chi connectivity index (χ3v) is 4.53. The van der Waals surface area contributed by atoms with E-state index in [-0.39, 0.29) is 5.91 Å². The van der Waals surface area contributed by atoms with E-state index >= 15 is 0 Å². The molecule has 28 heavy (non-hydrogen) atoms. The number of hydrogen-bond donors (Lipinski definition) is 1. The molecule has 1 heterocycles. The molecule has 3 rings (SSSR count). The van der Waals surface area contributed by atoms with Gasteiger partial charge in [-0.2, -0.15) is 0 Å². The summed E-state index contributed by atoms with van der Waals surface area (Å²) in [6.45, 7) is 2.57. The average molecular weight is 441 g/mol. The van der Waals surface area contributed by atoms with Crippen LogP contribution in [0.1, 0.15) is 18.2 Å². The number of aromatic nitrogens is 1. The second kappa shape index (κ2) is 9.90. The first kappa shape index (κ1) is 19.9. The normalized spacial score (nSPS) is 11.5. The topological polar surface area (TPSA) is 60.5 Å². The molecule has 0 fully saturated rings. The van der Waals surface area contributed by atoms with Crippen molar-refractivity contribution in [2.75, 3.05) is 0 Å². The smallest absolute Gasteiger partial charge is 0.261 e. The van der Waals surface area contributed by atoms with Gasteiger partial charge >= 0.3 is 0 Å². The highest BCUT2D eigenvalue weighted by Crippen LogP contribution is 2.17. The molecule has 0 radical (unpaired) electrons. The SMILES string of the molecule is CC(Oc1ccc(Br)cc1)C(=O)NCc1ccc(OCc2ccccn2)cc1. The van der Waals surface area contributed by atoms with Gasteiger partial charge in [-0.1, -0.05) is 34.1 Å². The summed E-state index contributed by atoms with van der Waals surface area (Å²) in [4.78, 5) is 16.5. The Morgan fingerprint density at radius 1 is 1.04 bits per heavy atom. The molecule has 0 aliphatic heterocycles. The number of nitrogens with zero attached hydrogens (tertiary/aromatic N) is 1. The van der Waals surface area contributed by atoms with Gasteiger partial charge in [0.25, 0.3) is 5.91 Å². The van der Waals surface area contributed by atoms with Crippen molar-refractivity contribution in [1.29, 1.82) is 0 Å². The molecule has 1 amide bonds. The Labute approximate surface area is 172 Å². The van der Waals surface area contributed by atoms with Crippen LogP contribution >= 0.6 is 15.9 Å². The second-order valence-corrected chi connectivity index (χ2v) is 7.10. The minimum absolute atomic E-state index is 0.168. The Kier molecular flexibility index (Phi) is 7.03. The minimum Gasteiger partial charge on any atom is -0.487 e. The van der Waals surface area contributed by atoms with Crippen LogP contribution in [0.3, 0.4) is 0 Å². The van der Waals surface area contributed by atoms with Gasteiger partial charge in [-0.3, -0.25) is 9.78 Å². The summed E-state index contributed by atoms with van der Waals surface area (Å²) in [6.07, 6.45) is 1.16. The van der Waals surface area contributed by atoms with Crippen molar-refractivity contribution < 1.29 is 14.3 Å². The van der Waals surface area contributed by atoms with Crippen LogP contribution in [-0.4, -0.2) is 17.0 Å². The molecule has 0 bridgehead atoms. The van der Waals surface area contributed by atoms with Crippen LogP contribution in [-0.2, 0) is 17.9 Å². The first-order valence-electron chi connectivity index (χ1n) is 8.92. The number of amides is 1. The number of rotatable bonds is 8. The lowest BCUT2D eigenvalue weighted by Crippen LogP contribution is -2.35. The van der Waals surface area contributed by atoms with Gasteiger partial charge in [-0.15, -0.1) is 0 Å². The van der Waals surface area contributed by atoms with E-state index < -0.39 is 6.10 Å². The molecule has 3 aromatic rings. The summed E-state index contributed by atoms with van der Waals surface area (Å²) in [7, 11) is 0. The van der Waals surface area contributed by atoms with Crippen LogP contribution in [0.5, 0.6) is 11.5 Å². The number of benzene rings is 2. The maximum Gasteiger partial charge on any atom is 0.261 e. The summed E-state index contributed by atoms with van der Waals surface area (Å²) in [5, 5.41) is 2.88. The van der Waals surface area contributed by atoms with Gasteiger partial charge in [0.05, 0.1) is 5.69 Å². The predicted molar refractivity (Wildman–Crippen MR) is 111 cm³/mol. The van der Waals surface area contributed by atoms with Crippen LogP contribution in [0.25, 0.3) is 0 Å². The van der Waals surface area contributed by atoms with Crippen LogP contribution in [0.4, 0.5) is 0 Å². The molecule has 0 saturated carbocycles. The molecule has 1 aromatic heterocycles. The van der Waals surface area contributed by atoms with Crippen LogP contribution in [0, 0.1) is 0 Å². The third kappa shape index (κ3) is 6.09. The first-order valence-corrected chi connectivity index (χ1v) is 9.71. The van der Waals surface area contributed by atoms with E-state index in [0.717, 1.165) is 21.5 Å². The Morgan fingerprint density at radius 2 is 1.75 bits per heavy atom. The lowest BCUT2D eigenvalue weighted by molar-refractivity contribution is -0.127. The fourth-order valence-corrected chi connectivity index (χ4v) is 2.71. The number of ether oxygens (including phenoxy) is 2. The lowest BCUT2D eigenvalue weighted by Gasteiger charge is -2.15. The molecule has 6 heteroatoms. The minimum atomic E-state index is -0.581. The highest BCUT2D eigenvalue weighted by atomic mass is 79.9. The fourth-order valence-electron chi connectivity index (χ4n) is 2.45. The molecule has 0 aliphatic rings. The van der Waals surface area contributed by atoms with Crippen molar-refractivity contribution in [2.45, 2.75) is 26.2 Å². The Balaban J connectivity index is 1.44. The van der Waals surface area contributed by atoms with Crippen LogP contribution in [0.2, 0.25) is 0 Å². The molecule has 0 saturated heterocycles. The van der Waals surface area contributed by atoms with E-state index in [2.05, 4.69) is 26.2 Å². The predicted octanol–water partition coefficient (Wildman–Crippen LogP) is 4.51. The molecule has 0 aliphatic carbocycles. The summed E-state index contributed by atoms with van der Waals surface area (Å²) >= 11 is 3.37. The molecule has 0 spiro atoms. The van der Waals surface area contributed by atoms with Gasteiger partial charge in [-0.05, 0) is 61.0 Å². The number of halogens is 1. The maximum absolute atomic E-state index is 12.2. The molecular formula is C22H21BrN2O3. The molecule has 144 valence electrons. The summed E-state index contributed by atoms with van der Waals surface area (Å²) < 4.78 is 12.3. The average Bonchev–Trinajstić information content (AvgIpc) is 2.73. The first-order chi connectivity index (χ1) is 13.6. The van der Waals surface area contributed by atoms with E-state index in [1.54, 1.807) is 13.1 Å². The summed E-state index contributed by atoms with van der Waals surface area (Å²) in [5.41, 5.74) is 1.85. The zero-order valence-corrected chi connectivity index (χ0v) is 17.1.